The number of aliphatic hydroxyl groups is 2. The van der Waals surface area contributed by atoms with Gasteiger partial charge in [-0.3, -0.25) is 4.79 Å². The van der Waals surface area contributed by atoms with E-state index in [1.165, 1.54) is 0 Å². The molecule has 0 saturated heterocycles. The topological polar surface area (TPSA) is 132 Å². The minimum Gasteiger partial charge on any atom is -0.478 e. The molecular formula is C29H42O7. The molecule has 200 valence electrons. The Labute approximate surface area is 214 Å². The van der Waals surface area contributed by atoms with E-state index in [4.69, 9.17) is 10.2 Å². The smallest absolute Gasteiger partial charge is 0.377 e. The molecule has 2 aromatic rings. The highest BCUT2D eigenvalue weighted by Gasteiger charge is 2.30. The van der Waals surface area contributed by atoms with Crippen molar-refractivity contribution in [2.24, 2.45) is 10.8 Å². The van der Waals surface area contributed by atoms with Crippen molar-refractivity contribution in [2.75, 3.05) is 0 Å². The zero-order chi connectivity index (χ0) is 28.4. The standard InChI is InChI=1S/C11H12O3.C11H24O2.C7H6O2/c1-6-4-7(2)9(8(3)5-6)10(12)11(13)14;1-10(2,3)8(12)7-9(13)11(4,5)6;8-7(9)6-4-2-1-3-5-6/h4-5H,1-3H3,(H,13,14);8-9,12-13H,7H2,1-6H3;1-5H,(H,8,9). The van der Waals surface area contributed by atoms with Crippen LogP contribution < -0.4 is 0 Å². The van der Waals surface area contributed by atoms with E-state index < -0.39 is 29.9 Å². The van der Waals surface area contributed by atoms with Gasteiger partial charge in [0.15, 0.2) is 0 Å². The lowest BCUT2D eigenvalue weighted by molar-refractivity contribution is -0.131. The van der Waals surface area contributed by atoms with E-state index in [2.05, 4.69) is 0 Å². The Kier molecular flexibility index (Phi) is 12.7. The van der Waals surface area contributed by atoms with Gasteiger partial charge in [0.2, 0.25) is 0 Å². The van der Waals surface area contributed by atoms with E-state index in [9.17, 15) is 24.6 Å². The summed E-state index contributed by atoms with van der Waals surface area (Å²) in [4.78, 5) is 32.0. The van der Waals surface area contributed by atoms with Crippen LogP contribution >= 0.6 is 0 Å². The van der Waals surface area contributed by atoms with Gasteiger partial charge >= 0.3 is 11.9 Å². The van der Waals surface area contributed by atoms with Crippen LogP contribution in [0.15, 0.2) is 42.5 Å². The molecule has 36 heavy (non-hydrogen) atoms. The number of Topliss-reactive ketones (excluding diaryl/α,β-unsaturated/α-hetero) is 1. The van der Waals surface area contributed by atoms with Crippen molar-refractivity contribution in [2.45, 2.75) is 80.9 Å². The average molecular weight is 503 g/mol. The minimum atomic E-state index is -1.40. The summed E-state index contributed by atoms with van der Waals surface area (Å²) in [6, 6.07) is 11.9. The average Bonchev–Trinajstić information content (AvgIpc) is 2.73. The summed E-state index contributed by atoms with van der Waals surface area (Å²) in [6.07, 6.45) is -0.434. The number of carboxylic acid groups (broad SMARTS) is 2. The second kappa shape index (κ2) is 13.9. The molecule has 2 unspecified atom stereocenters. The van der Waals surface area contributed by atoms with Gasteiger partial charge in [0.1, 0.15) is 0 Å². The Balaban J connectivity index is 0.000000522. The molecule has 0 spiro atoms. The Morgan fingerprint density at radius 1 is 0.750 bits per heavy atom. The van der Waals surface area contributed by atoms with Crippen LogP contribution in [0.4, 0.5) is 0 Å². The van der Waals surface area contributed by atoms with Crippen LogP contribution in [-0.4, -0.2) is 50.4 Å². The number of rotatable bonds is 5. The number of carboxylic acids is 2. The largest absolute Gasteiger partial charge is 0.478 e. The van der Waals surface area contributed by atoms with Gasteiger partial charge in [-0.1, -0.05) is 77.4 Å². The predicted octanol–water partition coefficient (Wildman–Crippen LogP) is 5.45. The Morgan fingerprint density at radius 3 is 1.42 bits per heavy atom. The first-order valence-electron chi connectivity index (χ1n) is 11.8. The first-order chi connectivity index (χ1) is 16.3. The third kappa shape index (κ3) is 11.6. The molecule has 0 aromatic heterocycles. The van der Waals surface area contributed by atoms with Crippen LogP contribution in [0.1, 0.15) is 85.4 Å². The third-order valence-corrected chi connectivity index (χ3v) is 5.56. The van der Waals surface area contributed by atoms with Gasteiger partial charge in [-0.25, -0.2) is 9.59 Å². The van der Waals surface area contributed by atoms with Gasteiger partial charge in [-0.2, -0.15) is 0 Å². The molecule has 4 N–H and O–H groups in total. The van der Waals surface area contributed by atoms with E-state index in [0.717, 1.165) is 16.7 Å². The highest BCUT2D eigenvalue weighted by atomic mass is 16.4. The molecule has 0 fully saturated rings. The molecule has 0 saturated carbocycles. The van der Waals surface area contributed by atoms with Crippen molar-refractivity contribution in [3.05, 3.63) is 70.3 Å². The third-order valence-electron chi connectivity index (χ3n) is 5.56. The number of aliphatic hydroxyl groups excluding tert-OH is 2. The SMILES string of the molecule is CC(C)(C)C(O)CC(O)C(C)(C)C.Cc1cc(C)c(C(=O)C(=O)O)c(C)c1.O=C(O)c1ccccc1. The van der Waals surface area contributed by atoms with Gasteiger partial charge < -0.3 is 20.4 Å². The van der Waals surface area contributed by atoms with E-state index >= 15 is 0 Å². The molecule has 2 atom stereocenters. The first-order valence-corrected chi connectivity index (χ1v) is 11.8. The molecule has 7 heteroatoms. The fourth-order valence-corrected chi connectivity index (χ4v) is 3.14. The summed E-state index contributed by atoms with van der Waals surface area (Å²) in [5, 5.41) is 36.5. The summed E-state index contributed by atoms with van der Waals surface area (Å²) in [5.74, 6) is -3.12. The van der Waals surface area contributed by atoms with Crippen molar-refractivity contribution < 1.29 is 34.8 Å². The molecule has 0 radical (unpaired) electrons. The maximum absolute atomic E-state index is 11.3. The molecule has 2 aromatic carbocycles. The highest BCUT2D eigenvalue weighted by molar-refractivity contribution is 6.40. The molecular weight excluding hydrogens is 460 g/mol. The summed E-state index contributed by atoms with van der Waals surface area (Å²) in [7, 11) is 0. The quantitative estimate of drug-likeness (QED) is 0.315. The first kappa shape index (κ1) is 33.0. The predicted molar refractivity (Wildman–Crippen MR) is 142 cm³/mol. The van der Waals surface area contributed by atoms with Crippen molar-refractivity contribution >= 4 is 17.7 Å². The van der Waals surface area contributed by atoms with Crippen LogP contribution in [0, 0.1) is 31.6 Å². The van der Waals surface area contributed by atoms with Crippen LogP contribution in [-0.2, 0) is 4.79 Å². The summed E-state index contributed by atoms with van der Waals surface area (Å²) in [5.41, 5.74) is 2.81. The lowest BCUT2D eigenvalue weighted by atomic mass is 9.79. The highest BCUT2D eigenvalue weighted by Crippen LogP contribution is 2.28. The summed E-state index contributed by atoms with van der Waals surface area (Å²) in [6.45, 7) is 17.3. The number of carbonyl (C=O) groups is 3. The fourth-order valence-electron chi connectivity index (χ4n) is 3.14. The molecule has 0 aliphatic heterocycles. The van der Waals surface area contributed by atoms with Gasteiger partial charge in [-0.15, -0.1) is 0 Å². The van der Waals surface area contributed by atoms with Crippen molar-refractivity contribution in [3.8, 4) is 0 Å². The maximum atomic E-state index is 11.3. The number of aryl methyl sites for hydroxylation is 3. The van der Waals surface area contributed by atoms with Crippen molar-refractivity contribution in [3.63, 3.8) is 0 Å². The van der Waals surface area contributed by atoms with Crippen LogP contribution in [0.2, 0.25) is 0 Å². The van der Waals surface area contributed by atoms with Gasteiger partial charge in [-0.05, 0) is 54.9 Å². The normalized spacial score (nSPS) is 12.8. The maximum Gasteiger partial charge on any atom is 0.377 e. The molecule has 0 bridgehead atoms. The molecule has 0 heterocycles. The number of hydrogen-bond donors (Lipinski definition) is 4. The van der Waals surface area contributed by atoms with Crippen molar-refractivity contribution in [1.82, 2.24) is 0 Å². The van der Waals surface area contributed by atoms with Crippen LogP contribution in [0.5, 0.6) is 0 Å². The minimum absolute atomic E-state index is 0.147. The number of benzene rings is 2. The number of carbonyl (C=O) groups excluding carboxylic acids is 1. The summed E-state index contributed by atoms with van der Waals surface area (Å²) >= 11 is 0. The van der Waals surface area contributed by atoms with Crippen LogP contribution in [0.25, 0.3) is 0 Å². The number of ketones is 1. The number of aromatic carboxylic acids is 1. The van der Waals surface area contributed by atoms with E-state index in [1.807, 2.05) is 60.6 Å². The van der Waals surface area contributed by atoms with E-state index in [-0.39, 0.29) is 10.8 Å². The van der Waals surface area contributed by atoms with E-state index in [0.29, 0.717) is 17.5 Å². The zero-order valence-corrected chi connectivity index (χ0v) is 22.9. The second-order valence-corrected chi connectivity index (χ2v) is 11.1. The van der Waals surface area contributed by atoms with Gasteiger partial charge in [0.05, 0.1) is 17.8 Å². The number of hydrogen-bond acceptors (Lipinski definition) is 5. The molecule has 0 aliphatic carbocycles. The monoisotopic (exact) mass is 502 g/mol. The molecule has 0 amide bonds. The van der Waals surface area contributed by atoms with Crippen LogP contribution in [0.3, 0.4) is 0 Å². The lowest BCUT2D eigenvalue weighted by Gasteiger charge is -2.32. The summed E-state index contributed by atoms with van der Waals surface area (Å²) < 4.78 is 0. The van der Waals surface area contributed by atoms with Crippen molar-refractivity contribution in [1.29, 1.82) is 0 Å². The molecule has 2 rings (SSSR count). The van der Waals surface area contributed by atoms with Gasteiger partial charge in [0.25, 0.3) is 5.78 Å². The fraction of sp³-hybridized carbons (Fsp3) is 0.483. The number of aliphatic carboxylic acids is 1. The Hall–Kier alpha value is -3.03. The molecule has 0 aliphatic rings. The van der Waals surface area contributed by atoms with Gasteiger partial charge in [0, 0.05) is 12.0 Å². The second-order valence-electron chi connectivity index (χ2n) is 11.1. The Morgan fingerprint density at radius 2 is 1.14 bits per heavy atom. The zero-order valence-electron chi connectivity index (χ0n) is 22.9. The lowest BCUT2D eigenvalue weighted by Crippen LogP contribution is -2.35. The van der Waals surface area contributed by atoms with E-state index in [1.54, 1.807) is 44.2 Å². The Bertz CT molecular complexity index is 971. The molecule has 7 nitrogen and oxygen atoms in total.